The second-order valence-corrected chi connectivity index (χ2v) is 6.24. The first-order valence-electron chi connectivity index (χ1n) is 8.15. The smallest absolute Gasteiger partial charge is 0.0858 e. The van der Waals surface area contributed by atoms with Crippen molar-refractivity contribution in [1.29, 1.82) is 0 Å². The number of aryl methyl sites for hydroxylation is 1. The molecule has 22 heavy (non-hydrogen) atoms. The molecule has 0 amide bonds. The van der Waals surface area contributed by atoms with Crippen molar-refractivity contribution >= 4 is 0 Å². The van der Waals surface area contributed by atoms with E-state index in [4.69, 9.17) is 4.74 Å². The lowest BCUT2D eigenvalue weighted by Gasteiger charge is -2.18. The molecule has 1 aliphatic heterocycles. The summed E-state index contributed by atoms with van der Waals surface area (Å²) in [5, 5.41) is 9.79. The molecule has 2 aromatic rings. The quantitative estimate of drug-likeness (QED) is 0.903. The van der Waals surface area contributed by atoms with Crippen molar-refractivity contribution in [3.05, 3.63) is 71.8 Å². The molecule has 2 aromatic carbocycles. The molecule has 4 unspecified atom stereocenters. The minimum atomic E-state index is 0.0964. The molecule has 0 aromatic heterocycles. The van der Waals surface area contributed by atoms with Crippen LogP contribution in [0.3, 0.4) is 0 Å². The Hall–Kier alpha value is -1.64. The van der Waals surface area contributed by atoms with Gasteiger partial charge in [0.1, 0.15) is 0 Å². The third kappa shape index (κ3) is 3.23. The van der Waals surface area contributed by atoms with Gasteiger partial charge < -0.3 is 9.84 Å². The van der Waals surface area contributed by atoms with E-state index in [9.17, 15) is 5.11 Å². The largest absolute Gasteiger partial charge is 0.396 e. The van der Waals surface area contributed by atoms with Crippen LogP contribution in [0.2, 0.25) is 0 Å². The summed E-state index contributed by atoms with van der Waals surface area (Å²) in [6.07, 6.45) is 2.18. The highest BCUT2D eigenvalue weighted by molar-refractivity contribution is 5.20. The molecule has 0 aliphatic carbocycles. The second kappa shape index (κ2) is 7.08. The van der Waals surface area contributed by atoms with Gasteiger partial charge >= 0.3 is 0 Å². The Morgan fingerprint density at radius 2 is 1.59 bits per heavy atom. The number of hydrogen-bond donors (Lipinski definition) is 1. The van der Waals surface area contributed by atoms with Crippen LogP contribution in [-0.2, 0) is 11.2 Å². The summed E-state index contributed by atoms with van der Waals surface area (Å²) in [7, 11) is 0. The summed E-state index contributed by atoms with van der Waals surface area (Å²) in [5.41, 5.74) is 2.55. The summed E-state index contributed by atoms with van der Waals surface area (Å²) in [5.74, 6) is 0.557. The third-order valence-corrected chi connectivity index (χ3v) is 4.85. The van der Waals surface area contributed by atoms with Gasteiger partial charge in [0.05, 0.1) is 12.2 Å². The molecular weight excluding hydrogens is 272 g/mol. The van der Waals surface area contributed by atoms with E-state index in [1.165, 1.54) is 11.1 Å². The zero-order valence-corrected chi connectivity index (χ0v) is 13.1. The maximum Gasteiger partial charge on any atom is 0.0858 e. The van der Waals surface area contributed by atoms with E-state index in [0.29, 0.717) is 5.92 Å². The molecule has 1 aliphatic rings. The van der Waals surface area contributed by atoms with Gasteiger partial charge in [0.2, 0.25) is 0 Å². The molecule has 2 nitrogen and oxygen atoms in total. The SMILES string of the molecule is CC1C(c2ccccc2)OC(CCc2ccccc2)C1CO. The van der Waals surface area contributed by atoms with E-state index in [1.807, 2.05) is 12.1 Å². The van der Waals surface area contributed by atoms with E-state index in [-0.39, 0.29) is 24.7 Å². The van der Waals surface area contributed by atoms with Crippen LogP contribution < -0.4 is 0 Å². The zero-order chi connectivity index (χ0) is 15.4. The zero-order valence-electron chi connectivity index (χ0n) is 13.1. The molecular formula is C20H24O2. The first-order chi connectivity index (χ1) is 10.8. The maximum absolute atomic E-state index is 9.79. The standard InChI is InChI=1S/C20H24O2/c1-15-18(14-21)19(13-12-16-8-4-2-5-9-16)22-20(15)17-10-6-3-7-11-17/h2-11,15,18-21H,12-14H2,1H3. The number of ether oxygens (including phenoxy) is 1. The van der Waals surface area contributed by atoms with Gasteiger partial charge in [-0.3, -0.25) is 0 Å². The van der Waals surface area contributed by atoms with Crippen LogP contribution in [0.1, 0.15) is 30.6 Å². The molecule has 1 fully saturated rings. The maximum atomic E-state index is 9.79. The molecule has 4 atom stereocenters. The fourth-order valence-electron chi connectivity index (χ4n) is 3.52. The summed E-state index contributed by atoms with van der Waals surface area (Å²) >= 11 is 0. The van der Waals surface area contributed by atoms with Crippen LogP contribution in [0, 0.1) is 11.8 Å². The predicted octanol–water partition coefficient (Wildman–Crippen LogP) is 4.00. The molecule has 3 rings (SSSR count). The van der Waals surface area contributed by atoms with Crippen molar-refractivity contribution in [2.45, 2.75) is 32.0 Å². The van der Waals surface area contributed by atoms with Crippen LogP contribution in [0.25, 0.3) is 0 Å². The van der Waals surface area contributed by atoms with Crippen molar-refractivity contribution in [3.8, 4) is 0 Å². The van der Waals surface area contributed by atoms with Gasteiger partial charge in [0, 0.05) is 12.5 Å². The van der Waals surface area contributed by atoms with Gasteiger partial charge in [-0.25, -0.2) is 0 Å². The normalized spacial score (nSPS) is 27.9. The lowest BCUT2D eigenvalue weighted by Crippen LogP contribution is -2.23. The highest BCUT2D eigenvalue weighted by Crippen LogP contribution is 2.43. The Morgan fingerprint density at radius 3 is 2.23 bits per heavy atom. The Labute approximate surface area is 132 Å². The molecule has 1 heterocycles. The minimum absolute atomic E-state index is 0.0964. The van der Waals surface area contributed by atoms with Gasteiger partial charge in [-0.15, -0.1) is 0 Å². The molecule has 2 heteroatoms. The topological polar surface area (TPSA) is 29.5 Å². The second-order valence-electron chi connectivity index (χ2n) is 6.24. The van der Waals surface area contributed by atoms with Gasteiger partial charge in [-0.2, -0.15) is 0 Å². The van der Waals surface area contributed by atoms with E-state index in [0.717, 1.165) is 12.8 Å². The minimum Gasteiger partial charge on any atom is -0.396 e. The molecule has 0 radical (unpaired) electrons. The summed E-state index contributed by atoms with van der Waals surface area (Å²) < 4.78 is 6.32. The molecule has 0 spiro atoms. The van der Waals surface area contributed by atoms with Crippen LogP contribution in [0.4, 0.5) is 0 Å². The third-order valence-electron chi connectivity index (χ3n) is 4.85. The van der Waals surface area contributed by atoms with Crippen LogP contribution in [-0.4, -0.2) is 17.8 Å². The molecule has 0 saturated carbocycles. The average molecular weight is 296 g/mol. The lowest BCUT2D eigenvalue weighted by atomic mass is 9.85. The van der Waals surface area contributed by atoms with Crippen molar-refractivity contribution in [3.63, 3.8) is 0 Å². The van der Waals surface area contributed by atoms with E-state index < -0.39 is 0 Å². The van der Waals surface area contributed by atoms with Gasteiger partial charge in [-0.05, 0) is 29.9 Å². The van der Waals surface area contributed by atoms with Crippen LogP contribution >= 0.6 is 0 Å². The van der Waals surface area contributed by atoms with Crippen molar-refractivity contribution < 1.29 is 9.84 Å². The Kier molecular flexibility index (Phi) is 4.91. The van der Waals surface area contributed by atoms with Gasteiger partial charge in [0.25, 0.3) is 0 Å². The van der Waals surface area contributed by atoms with Crippen molar-refractivity contribution in [2.24, 2.45) is 11.8 Å². The number of aliphatic hydroxyl groups excluding tert-OH is 1. The monoisotopic (exact) mass is 296 g/mol. The van der Waals surface area contributed by atoms with Crippen molar-refractivity contribution in [1.82, 2.24) is 0 Å². The molecule has 1 saturated heterocycles. The van der Waals surface area contributed by atoms with Gasteiger partial charge in [0.15, 0.2) is 0 Å². The fraction of sp³-hybridized carbons (Fsp3) is 0.400. The number of benzene rings is 2. The van der Waals surface area contributed by atoms with E-state index in [1.54, 1.807) is 0 Å². The Balaban J connectivity index is 1.69. The molecule has 0 bridgehead atoms. The number of rotatable bonds is 5. The first-order valence-corrected chi connectivity index (χ1v) is 8.15. The number of aliphatic hydroxyl groups is 1. The highest BCUT2D eigenvalue weighted by atomic mass is 16.5. The van der Waals surface area contributed by atoms with E-state index in [2.05, 4.69) is 55.5 Å². The average Bonchev–Trinajstić information content (AvgIpc) is 2.90. The molecule has 116 valence electrons. The lowest BCUT2D eigenvalue weighted by molar-refractivity contribution is 0.0188. The summed E-state index contributed by atoms with van der Waals surface area (Å²) in [6, 6.07) is 20.9. The van der Waals surface area contributed by atoms with Gasteiger partial charge in [-0.1, -0.05) is 67.6 Å². The fourth-order valence-corrected chi connectivity index (χ4v) is 3.52. The Bertz CT molecular complexity index is 567. The van der Waals surface area contributed by atoms with Crippen LogP contribution in [0.5, 0.6) is 0 Å². The summed E-state index contributed by atoms with van der Waals surface area (Å²) in [4.78, 5) is 0. The summed E-state index contributed by atoms with van der Waals surface area (Å²) in [6.45, 7) is 2.39. The first kappa shape index (κ1) is 15.3. The number of hydrogen-bond acceptors (Lipinski definition) is 2. The molecule has 1 N–H and O–H groups in total. The highest BCUT2D eigenvalue weighted by Gasteiger charge is 2.41. The van der Waals surface area contributed by atoms with Crippen molar-refractivity contribution in [2.75, 3.05) is 6.61 Å². The Morgan fingerprint density at radius 1 is 0.955 bits per heavy atom. The predicted molar refractivity (Wildman–Crippen MR) is 88.6 cm³/mol. The van der Waals surface area contributed by atoms with E-state index >= 15 is 0 Å². The van der Waals surface area contributed by atoms with Crippen LogP contribution in [0.15, 0.2) is 60.7 Å².